The molecule has 6 rings (SSSR count). The van der Waals surface area contributed by atoms with Crippen LogP contribution in [-0.4, -0.2) is 25.2 Å². The Morgan fingerprint density at radius 3 is 1.57 bits per heavy atom. The molecule has 0 aliphatic heterocycles. The van der Waals surface area contributed by atoms with Crippen molar-refractivity contribution in [2.75, 3.05) is 6.79 Å². The Bertz CT molecular complexity index is 2670. The van der Waals surface area contributed by atoms with Crippen molar-refractivity contribution < 1.29 is 50.5 Å². The van der Waals surface area contributed by atoms with Gasteiger partial charge in [0.25, 0.3) is 0 Å². The van der Waals surface area contributed by atoms with Crippen molar-refractivity contribution in [1.29, 1.82) is 0 Å². The zero-order valence-electron chi connectivity index (χ0n) is 37.3. The van der Waals surface area contributed by atoms with Crippen molar-refractivity contribution in [3.8, 4) is 33.8 Å². The van der Waals surface area contributed by atoms with Gasteiger partial charge in [0.2, 0.25) is 0 Å². The van der Waals surface area contributed by atoms with E-state index in [2.05, 4.69) is 16.6 Å². The minimum absolute atomic E-state index is 0.0274. The number of benzene rings is 4. The first-order valence-corrected chi connectivity index (χ1v) is 22.5. The van der Waals surface area contributed by atoms with E-state index < -0.39 is 29.5 Å². The summed E-state index contributed by atoms with van der Waals surface area (Å²) in [4.78, 5) is 43.0. The Morgan fingerprint density at radius 1 is 0.615 bits per heavy atom. The summed E-state index contributed by atoms with van der Waals surface area (Å²) in [6, 6.07) is 23.6. The number of carbonyl (C=O) groups is 1. The van der Waals surface area contributed by atoms with Crippen molar-refractivity contribution >= 4 is 27.9 Å². The molecule has 346 valence electrons. The number of fused-ring (bicyclic) bond motifs is 2. The summed E-state index contributed by atoms with van der Waals surface area (Å²) >= 11 is 0. The fourth-order valence-electron chi connectivity index (χ4n) is 7.82. The van der Waals surface area contributed by atoms with E-state index >= 15 is 0 Å². The SMILES string of the molecule is CCCCCc1ccc(-c2cc3cc(CCC(CCc4ccc5oc(=O)c(-c6ccc(CCCCC)cc6OC(F)(F)F)cc5c4)OCOC(=O)C(C)CC)ccc3oc2=O)c(OF)c1. The lowest BCUT2D eigenvalue weighted by atomic mass is 9.97. The lowest BCUT2D eigenvalue weighted by Crippen LogP contribution is -2.21. The van der Waals surface area contributed by atoms with Gasteiger partial charge >= 0.3 is 23.6 Å². The van der Waals surface area contributed by atoms with Gasteiger partial charge in [0, 0.05) is 26.4 Å². The maximum Gasteiger partial charge on any atom is 0.573 e. The maximum absolute atomic E-state index is 13.8. The predicted octanol–water partition coefficient (Wildman–Crippen LogP) is 13.4. The highest BCUT2D eigenvalue weighted by molar-refractivity contribution is 5.85. The Balaban J connectivity index is 1.22. The molecule has 0 saturated heterocycles. The van der Waals surface area contributed by atoms with Crippen LogP contribution in [0.2, 0.25) is 0 Å². The molecule has 4 aromatic carbocycles. The number of carbonyl (C=O) groups excluding carboxylic acids is 1. The topological polar surface area (TPSA) is 114 Å². The minimum atomic E-state index is -4.97. The van der Waals surface area contributed by atoms with Crippen LogP contribution in [0.4, 0.5) is 17.7 Å². The van der Waals surface area contributed by atoms with Crippen LogP contribution in [0, 0.1) is 5.92 Å². The average Bonchev–Trinajstić information content (AvgIpc) is 3.28. The molecule has 0 fully saturated rings. The Kier molecular flexibility index (Phi) is 17.0. The number of unbranched alkanes of at least 4 members (excludes halogenated alkanes) is 4. The highest BCUT2D eigenvalue weighted by Gasteiger charge is 2.33. The molecule has 0 amide bonds. The lowest BCUT2D eigenvalue weighted by molar-refractivity contribution is -0.274. The van der Waals surface area contributed by atoms with Gasteiger partial charge in [-0.1, -0.05) is 83.7 Å². The summed E-state index contributed by atoms with van der Waals surface area (Å²) in [5.41, 5.74) is 2.90. The quantitative estimate of drug-likeness (QED) is 0.0204. The van der Waals surface area contributed by atoms with Gasteiger partial charge in [0.15, 0.2) is 12.5 Å². The third-order valence-corrected chi connectivity index (χ3v) is 11.7. The molecule has 13 heteroatoms. The fourth-order valence-corrected chi connectivity index (χ4v) is 7.82. The molecule has 65 heavy (non-hydrogen) atoms. The molecule has 0 aliphatic rings. The van der Waals surface area contributed by atoms with Crippen molar-refractivity contribution in [3.05, 3.63) is 128 Å². The van der Waals surface area contributed by atoms with Crippen LogP contribution in [0.1, 0.15) is 108 Å². The van der Waals surface area contributed by atoms with Crippen molar-refractivity contribution in [2.24, 2.45) is 5.92 Å². The Morgan fingerprint density at radius 2 is 1.09 bits per heavy atom. The molecule has 2 heterocycles. The summed E-state index contributed by atoms with van der Waals surface area (Å²) in [6.45, 7) is 7.57. The molecule has 2 atom stereocenters. The van der Waals surface area contributed by atoms with E-state index in [0.29, 0.717) is 60.4 Å². The number of hydrogen-bond acceptors (Lipinski definition) is 9. The van der Waals surface area contributed by atoms with Gasteiger partial charge in [-0.25, -0.2) is 9.59 Å². The van der Waals surface area contributed by atoms with Crippen molar-refractivity contribution in [2.45, 2.75) is 124 Å². The second kappa shape index (κ2) is 22.8. The van der Waals surface area contributed by atoms with E-state index in [4.69, 9.17) is 18.3 Å². The third-order valence-electron chi connectivity index (χ3n) is 11.7. The largest absolute Gasteiger partial charge is 0.573 e. The smallest absolute Gasteiger partial charge is 0.438 e. The predicted molar refractivity (Wildman–Crippen MR) is 243 cm³/mol. The van der Waals surface area contributed by atoms with E-state index in [1.807, 2.05) is 44.2 Å². The van der Waals surface area contributed by atoms with Crippen LogP contribution in [0.5, 0.6) is 11.5 Å². The molecular weight excluding hydrogens is 845 g/mol. The highest BCUT2D eigenvalue weighted by atomic mass is 19.4. The van der Waals surface area contributed by atoms with Gasteiger partial charge < -0.3 is 23.0 Å². The molecule has 0 spiro atoms. The molecule has 2 aromatic heterocycles. The molecule has 0 saturated carbocycles. The fraction of sp³-hybridized carbons (Fsp3) is 0.404. The van der Waals surface area contributed by atoms with Crippen LogP contribution >= 0.6 is 0 Å². The highest BCUT2D eigenvalue weighted by Crippen LogP contribution is 2.36. The maximum atomic E-state index is 13.8. The molecular formula is C52H56F4O9. The molecule has 0 bridgehead atoms. The summed E-state index contributed by atoms with van der Waals surface area (Å²) in [5, 5.41) is 1.15. The van der Waals surface area contributed by atoms with E-state index in [0.717, 1.165) is 61.6 Å². The van der Waals surface area contributed by atoms with Gasteiger partial charge in [-0.05, 0) is 135 Å². The van der Waals surface area contributed by atoms with Gasteiger partial charge in [-0.3, -0.25) is 9.74 Å². The summed E-state index contributed by atoms with van der Waals surface area (Å²) in [6.07, 6.45) is 4.35. The first kappa shape index (κ1) is 48.5. The van der Waals surface area contributed by atoms with Gasteiger partial charge in [0.05, 0.1) is 23.1 Å². The van der Waals surface area contributed by atoms with E-state index in [1.54, 1.807) is 43.3 Å². The number of rotatable bonds is 23. The van der Waals surface area contributed by atoms with E-state index in [1.165, 1.54) is 18.2 Å². The molecule has 6 aromatic rings. The molecule has 9 nitrogen and oxygen atoms in total. The summed E-state index contributed by atoms with van der Waals surface area (Å²) in [7, 11) is 0. The number of hydrogen-bond donors (Lipinski definition) is 0. The van der Waals surface area contributed by atoms with Crippen LogP contribution in [0.25, 0.3) is 44.2 Å². The second-order valence-electron chi connectivity index (χ2n) is 16.6. The van der Waals surface area contributed by atoms with Crippen molar-refractivity contribution in [3.63, 3.8) is 0 Å². The first-order valence-electron chi connectivity index (χ1n) is 22.5. The van der Waals surface area contributed by atoms with Crippen LogP contribution in [-0.2, 0) is 40.0 Å². The van der Waals surface area contributed by atoms with Gasteiger partial charge in [0.1, 0.15) is 16.9 Å². The zero-order valence-corrected chi connectivity index (χ0v) is 37.3. The summed E-state index contributed by atoms with van der Waals surface area (Å²) < 4.78 is 81.9. The van der Waals surface area contributed by atoms with Crippen molar-refractivity contribution in [1.82, 2.24) is 0 Å². The molecule has 2 unspecified atom stereocenters. The van der Waals surface area contributed by atoms with E-state index in [9.17, 15) is 32.1 Å². The number of alkyl halides is 3. The second-order valence-corrected chi connectivity index (χ2v) is 16.6. The van der Waals surface area contributed by atoms with Crippen LogP contribution < -0.4 is 20.9 Å². The standard InChI is InChI=1S/C52H56F4O9/c1-5-8-10-12-34-16-22-41(47(28-34)64-52(53,54)55)43-30-38-26-36(18-24-45(38)62-50(43)58)14-20-40(60-32-61-49(57)33(4)7-3)21-15-37-19-25-46-39(27-37)31-44(51(59)63-46)42-23-17-35(13-11-9-6-2)29-48(42)65-56/h16-19,22-31,33,40H,5-15,20-21,32H2,1-4H3. The lowest BCUT2D eigenvalue weighted by Gasteiger charge is -2.19. The molecule has 0 radical (unpaired) electrons. The Hall–Kier alpha value is -5.95. The molecule has 0 aliphatic carbocycles. The monoisotopic (exact) mass is 900 g/mol. The zero-order chi connectivity index (χ0) is 46.5. The van der Waals surface area contributed by atoms with Crippen LogP contribution in [0.3, 0.4) is 0 Å². The summed E-state index contributed by atoms with van der Waals surface area (Å²) in [5.74, 6) is -1.19. The number of halogens is 4. The Labute approximate surface area is 375 Å². The normalized spacial score (nSPS) is 12.7. The third kappa shape index (κ3) is 13.3. The number of ether oxygens (including phenoxy) is 3. The number of esters is 1. The van der Waals surface area contributed by atoms with Gasteiger partial charge in [-0.15, -0.1) is 13.2 Å². The van der Waals surface area contributed by atoms with E-state index in [-0.39, 0.29) is 52.3 Å². The first-order chi connectivity index (χ1) is 31.3. The van der Waals surface area contributed by atoms with Gasteiger partial charge in [-0.2, -0.15) is 0 Å². The number of aryl methyl sites for hydroxylation is 4. The minimum Gasteiger partial charge on any atom is -0.438 e. The van der Waals surface area contributed by atoms with Crippen LogP contribution in [0.15, 0.2) is 103 Å². The molecule has 0 N–H and O–H groups in total. The average molecular weight is 901 g/mol.